The molecule has 0 spiro atoms. The van der Waals surface area contributed by atoms with Crippen LogP contribution in [-0.4, -0.2) is 29.7 Å². The molecule has 0 fully saturated rings. The van der Waals surface area contributed by atoms with Gasteiger partial charge in [-0.2, -0.15) is 0 Å². The molecule has 16 heavy (non-hydrogen) atoms. The minimum Gasteiger partial charge on any atom is -0.369 e. The molecule has 1 heterocycles. The minimum absolute atomic E-state index is 0.244. The van der Waals surface area contributed by atoms with Crippen molar-refractivity contribution in [1.29, 1.82) is 0 Å². The van der Waals surface area contributed by atoms with Gasteiger partial charge in [0.2, 0.25) is 0 Å². The quantitative estimate of drug-likeness (QED) is 0.563. The van der Waals surface area contributed by atoms with Crippen LogP contribution in [0, 0.1) is 12.3 Å². The van der Waals surface area contributed by atoms with Crippen LogP contribution in [0.15, 0.2) is 12.1 Å². The Labute approximate surface area is 94.7 Å². The number of nitrogens with one attached hydrogen (secondary N) is 2. The number of anilines is 1. The molecular formula is C11H14N4O. The van der Waals surface area contributed by atoms with Gasteiger partial charge in [-0.1, -0.05) is 0 Å². The maximum Gasteiger partial charge on any atom is 0.271 e. The molecular weight excluding hydrogens is 204 g/mol. The number of carbonyl (C=O) groups excluding carboxylic acids is 1. The Morgan fingerprint density at radius 2 is 2.31 bits per heavy atom. The first-order chi connectivity index (χ1) is 7.77. The number of aromatic nitrogens is 2. The predicted octanol–water partition coefficient (Wildman–Crippen LogP) is 0.661. The lowest BCUT2D eigenvalue weighted by Gasteiger charge is -2.03. The van der Waals surface area contributed by atoms with E-state index in [4.69, 9.17) is 6.42 Å². The van der Waals surface area contributed by atoms with Crippen molar-refractivity contribution in [3.05, 3.63) is 17.8 Å². The normalized spacial score (nSPS) is 9.25. The first kappa shape index (κ1) is 12.0. The highest BCUT2D eigenvalue weighted by Crippen LogP contribution is 2.02. The van der Waals surface area contributed by atoms with Gasteiger partial charge in [0.15, 0.2) is 5.69 Å². The van der Waals surface area contributed by atoms with E-state index in [0.717, 1.165) is 19.4 Å². The van der Waals surface area contributed by atoms with Crippen LogP contribution in [-0.2, 0) is 0 Å². The van der Waals surface area contributed by atoms with Gasteiger partial charge in [-0.15, -0.1) is 22.5 Å². The molecule has 1 rings (SSSR count). The summed E-state index contributed by atoms with van der Waals surface area (Å²) in [6, 6.07) is 3.34. The third-order valence-electron chi connectivity index (χ3n) is 1.93. The van der Waals surface area contributed by atoms with Crippen molar-refractivity contribution in [2.45, 2.75) is 12.8 Å². The van der Waals surface area contributed by atoms with Gasteiger partial charge in [0.1, 0.15) is 5.82 Å². The minimum atomic E-state index is -0.244. The highest BCUT2D eigenvalue weighted by molar-refractivity contribution is 5.91. The largest absolute Gasteiger partial charge is 0.369 e. The molecule has 0 aliphatic carbocycles. The number of hydrogen-bond donors (Lipinski definition) is 2. The Morgan fingerprint density at radius 1 is 1.50 bits per heavy atom. The van der Waals surface area contributed by atoms with Crippen LogP contribution in [0.5, 0.6) is 0 Å². The molecule has 0 saturated carbocycles. The summed E-state index contributed by atoms with van der Waals surface area (Å²) in [6.45, 7) is 0.748. The highest BCUT2D eigenvalue weighted by atomic mass is 16.1. The number of carbonyl (C=O) groups is 1. The second-order valence-corrected chi connectivity index (χ2v) is 3.12. The molecule has 1 amide bonds. The van der Waals surface area contributed by atoms with Crippen LogP contribution in [0.25, 0.3) is 0 Å². The van der Waals surface area contributed by atoms with Crippen molar-refractivity contribution in [3.8, 4) is 12.3 Å². The number of terminal acetylenes is 1. The van der Waals surface area contributed by atoms with Gasteiger partial charge < -0.3 is 10.6 Å². The van der Waals surface area contributed by atoms with Crippen molar-refractivity contribution in [3.63, 3.8) is 0 Å². The summed E-state index contributed by atoms with van der Waals surface area (Å²) >= 11 is 0. The van der Waals surface area contributed by atoms with Crippen molar-refractivity contribution in [2.75, 3.05) is 18.9 Å². The Balaban J connectivity index is 2.46. The molecule has 0 atom stereocenters. The Bertz CT molecular complexity index is 380. The average molecular weight is 218 g/mol. The molecule has 1 aromatic rings. The number of hydrogen-bond acceptors (Lipinski definition) is 4. The lowest BCUT2D eigenvalue weighted by atomic mass is 10.3. The zero-order valence-electron chi connectivity index (χ0n) is 9.16. The monoisotopic (exact) mass is 218 g/mol. The van der Waals surface area contributed by atoms with E-state index in [0.29, 0.717) is 11.5 Å². The molecule has 84 valence electrons. The second kappa shape index (κ2) is 6.40. The maximum absolute atomic E-state index is 11.2. The molecule has 0 radical (unpaired) electrons. The fraction of sp³-hybridized carbons (Fsp3) is 0.364. The zero-order chi connectivity index (χ0) is 11.8. The summed E-state index contributed by atoms with van der Waals surface area (Å²) in [5.74, 6) is 2.96. The zero-order valence-corrected chi connectivity index (χ0v) is 9.16. The molecule has 2 N–H and O–H groups in total. The van der Waals surface area contributed by atoms with Gasteiger partial charge in [-0.25, -0.2) is 0 Å². The Hall–Kier alpha value is -2.09. The standard InChI is InChI=1S/C11H14N4O/c1-3-4-5-8-13-10-7-6-9(14-15-10)11(16)12-2/h1,6-7H,4-5,8H2,2H3,(H,12,16)(H,13,15). The number of nitrogens with zero attached hydrogens (tertiary/aromatic N) is 2. The number of amides is 1. The molecule has 0 unspecified atom stereocenters. The summed E-state index contributed by atoms with van der Waals surface area (Å²) in [7, 11) is 1.55. The summed E-state index contributed by atoms with van der Waals surface area (Å²) < 4.78 is 0. The van der Waals surface area contributed by atoms with Gasteiger partial charge in [0.05, 0.1) is 0 Å². The van der Waals surface area contributed by atoms with Crippen LogP contribution in [0.2, 0.25) is 0 Å². The van der Waals surface area contributed by atoms with Gasteiger partial charge >= 0.3 is 0 Å². The molecule has 0 aliphatic rings. The van der Waals surface area contributed by atoms with Crippen LogP contribution >= 0.6 is 0 Å². The number of unbranched alkanes of at least 4 members (excludes halogenated alkanes) is 1. The second-order valence-electron chi connectivity index (χ2n) is 3.12. The summed E-state index contributed by atoms with van der Waals surface area (Å²) in [4.78, 5) is 11.2. The van der Waals surface area contributed by atoms with Crippen molar-refractivity contribution >= 4 is 11.7 Å². The lowest BCUT2D eigenvalue weighted by Crippen LogP contribution is -2.19. The molecule has 0 aromatic carbocycles. The van der Waals surface area contributed by atoms with E-state index in [9.17, 15) is 4.79 Å². The van der Waals surface area contributed by atoms with E-state index in [1.54, 1.807) is 19.2 Å². The highest BCUT2D eigenvalue weighted by Gasteiger charge is 2.04. The van der Waals surface area contributed by atoms with Crippen LogP contribution in [0.3, 0.4) is 0 Å². The van der Waals surface area contributed by atoms with E-state index in [2.05, 4.69) is 26.8 Å². The van der Waals surface area contributed by atoms with Crippen LogP contribution < -0.4 is 10.6 Å². The summed E-state index contributed by atoms with van der Waals surface area (Å²) in [5.41, 5.74) is 0.302. The van der Waals surface area contributed by atoms with Crippen LogP contribution in [0.4, 0.5) is 5.82 Å². The van der Waals surface area contributed by atoms with Crippen LogP contribution in [0.1, 0.15) is 23.3 Å². The fourth-order valence-electron chi connectivity index (χ4n) is 1.08. The van der Waals surface area contributed by atoms with Crippen molar-refractivity contribution < 1.29 is 4.79 Å². The Morgan fingerprint density at radius 3 is 2.88 bits per heavy atom. The molecule has 0 aliphatic heterocycles. The average Bonchev–Trinajstić information content (AvgIpc) is 2.34. The number of rotatable bonds is 5. The summed E-state index contributed by atoms with van der Waals surface area (Å²) in [5, 5.41) is 13.2. The van der Waals surface area contributed by atoms with Crippen molar-refractivity contribution in [2.24, 2.45) is 0 Å². The van der Waals surface area contributed by atoms with E-state index < -0.39 is 0 Å². The van der Waals surface area contributed by atoms with E-state index in [1.165, 1.54) is 0 Å². The van der Waals surface area contributed by atoms with Gasteiger partial charge in [0, 0.05) is 20.0 Å². The lowest BCUT2D eigenvalue weighted by molar-refractivity contribution is 0.0957. The molecule has 0 bridgehead atoms. The van der Waals surface area contributed by atoms with Gasteiger partial charge in [-0.05, 0) is 18.6 Å². The van der Waals surface area contributed by atoms with Gasteiger partial charge in [0.25, 0.3) is 5.91 Å². The SMILES string of the molecule is C#CCCCNc1ccc(C(=O)NC)nn1. The fourth-order valence-corrected chi connectivity index (χ4v) is 1.08. The van der Waals surface area contributed by atoms with E-state index in [-0.39, 0.29) is 5.91 Å². The maximum atomic E-state index is 11.2. The van der Waals surface area contributed by atoms with Crippen molar-refractivity contribution in [1.82, 2.24) is 15.5 Å². The Kier molecular flexibility index (Phi) is 4.80. The molecule has 1 aromatic heterocycles. The molecule has 5 nitrogen and oxygen atoms in total. The summed E-state index contributed by atoms with van der Waals surface area (Å²) in [6.07, 6.45) is 6.74. The molecule has 0 saturated heterocycles. The third kappa shape index (κ3) is 3.58. The third-order valence-corrected chi connectivity index (χ3v) is 1.93. The van der Waals surface area contributed by atoms with E-state index >= 15 is 0 Å². The smallest absolute Gasteiger partial charge is 0.271 e. The van der Waals surface area contributed by atoms with E-state index in [1.807, 2.05) is 0 Å². The molecule has 5 heteroatoms. The first-order valence-electron chi connectivity index (χ1n) is 5.01. The predicted molar refractivity (Wildman–Crippen MR) is 62.0 cm³/mol. The first-order valence-corrected chi connectivity index (χ1v) is 5.01. The topological polar surface area (TPSA) is 66.9 Å². The van der Waals surface area contributed by atoms with Gasteiger partial charge in [-0.3, -0.25) is 4.79 Å².